The largest absolute Gasteiger partial charge is 0.355 e. The van der Waals surface area contributed by atoms with Gasteiger partial charge in [-0.3, -0.25) is 14.6 Å². The van der Waals surface area contributed by atoms with Crippen molar-refractivity contribution < 1.29 is 9.59 Å². The lowest BCUT2D eigenvalue weighted by atomic mass is 9.95. The summed E-state index contributed by atoms with van der Waals surface area (Å²) in [6.07, 6.45) is 5.55. The van der Waals surface area contributed by atoms with Crippen LogP contribution in [0.3, 0.4) is 0 Å². The zero-order valence-corrected chi connectivity index (χ0v) is 14.2. The highest BCUT2D eigenvalue weighted by Crippen LogP contribution is 2.19. The van der Waals surface area contributed by atoms with Crippen LogP contribution in [0.25, 0.3) is 0 Å². The fourth-order valence-corrected chi connectivity index (χ4v) is 3.43. The van der Waals surface area contributed by atoms with Crippen molar-refractivity contribution in [3.63, 3.8) is 0 Å². The quantitative estimate of drug-likeness (QED) is 0.897. The van der Waals surface area contributed by atoms with E-state index >= 15 is 0 Å². The third-order valence-electron chi connectivity index (χ3n) is 4.16. The highest BCUT2D eigenvalue weighted by atomic mass is 32.1. The Hall–Kier alpha value is -2.28. The number of nitrogens with zero attached hydrogens (tertiary/aromatic N) is 3. The number of carbonyl (C=O) groups is 2. The molecular formula is C17H20N4O2S. The summed E-state index contributed by atoms with van der Waals surface area (Å²) in [4.78, 5) is 34.6. The summed E-state index contributed by atoms with van der Waals surface area (Å²) in [6, 6.07) is 5.32. The van der Waals surface area contributed by atoms with Crippen LogP contribution < -0.4 is 5.32 Å². The molecule has 1 N–H and O–H groups in total. The highest BCUT2D eigenvalue weighted by molar-refractivity contribution is 7.09. The van der Waals surface area contributed by atoms with Gasteiger partial charge in [0.15, 0.2) is 0 Å². The molecule has 2 amide bonds. The standard InChI is InChI=1S/C17H20N4O2S/c22-16(20-8-4-15-19-9-12-24-15)13-5-10-21(11-6-13)17(23)14-3-1-2-7-18-14/h1-3,7,9,12-13H,4-6,8,10-11H2,(H,20,22). The van der Waals surface area contributed by atoms with E-state index in [0.29, 0.717) is 38.2 Å². The Morgan fingerprint density at radius 3 is 2.71 bits per heavy atom. The van der Waals surface area contributed by atoms with E-state index in [4.69, 9.17) is 0 Å². The molecule has 0 spiro atoms. The van der Waals surface area contributed by atoms with Gasteiger partial charge in [-0.2, -0.15) is 0 Å². The number of piperidine rings is 1. The minimum Gasteiger partial charge on any atom is -0.355 e. The van der Waals surface area contributed by atoms with Gasteiger partial charge in [-0.15, -0.1) is 11.3 Å². The maximum atomic E-state index is 12.3. The lowest BCUT2D eigenvalue weighted by Crippen LogP contribution is -2.43. The molecule has 0 saturated carbocycles. The number of hydrogen-bond acceptors (Lipinski definition) is 5. The number of nitrogens with one attached hydrogen (secondary N) is 1. The molecule has 1 fully saturated rings. The number of pyridine rings is 1. The summed E-state index contributed by atoms with van der Waals surface area (Å²) in [6.45, 7) is 1.80. The summed E-state index contributed by atoms with van der Waals surface area (Å²) in [5.41, 5.74) is 0.462. The lowest BCUT2D eigenvalue weighted by Gasteiger charge is -2.31. The van der Waals surface area contributed by atoms with E-state index in [9.17, 15) is 9.59 Å². The first-order valence-corrected chi connectivity index (χ1v) is 8.98. The van der Waals surface area contributed by atoms with Gasteiger partial charge in [0.1, 0.15) is 5.69 Å². The molecule has 0 aromatic carbocycles. The van der Waals surface area contributed by atoms with Crippen molar-refractivity contribution in [3.05, 3.63) is 46.7 Å². The zero-order chi connectivity index (χ0) is 16.8. The second kappa shape index (κ2) is 8.01. The number of carbonyl (C=O) groups excluding carboxylic acids is 2. The van der Waals surface area contributed by atoms with Gasteiger partial charge in [-0.05, 0) is 25.0 Å². The van der Waals surface area contributed by atoms with Gasteiger partial charge < -0.3 is 10.2 Å². The van der Waals surface area contributed by atoms with Gasteiger partial charge in [-0.25, -0.2) is 4.98 Å². The number of rotatable bonds is 5. The summed E-state index contributed by atoms with van der Waals surface area (Å²) >= 11 is 1.60. The monoisotopic (exact) mass is 344 g/mol. The van der Waals surface area contributed by atoms with Crippen LogP contribution in [0.2, 0.25) is 0 Å². The number of hydrogen-bond donors (Lipinski definition) is 1. The third-order valence-corrected chi connectivity index (χ3v) is 5.00. The number of aromatic nitrogens is 2. The molecule has 0 aliphatic carbocycles. The van der Waals surface area contributed by atoms with Crippen LogP contribution in [0.15, 0.2) is 36.0 Å². The van der Waals surface area contributed by atoms with Crippen molar-refractivity contribution >= 4 is 23.2 Å². The molecule has 2 aromatic rings. The Morgan fingerprint density at radius 2 is 2.04 bits per heavy atom. The lowest BCUT2D eigenvalue weighted by molar-refractivity contribution is -0.126. The molecule has 24 heavy (non-hydrogen) atoms. The van der Waals surface area contributed by atoms with Crippen LogP contribution in [-0.2, 0) is 11.2 Å². The number of thiazole rings is 1. The molecule has 6 nitrogen and oxygen atoms in total. The number of likely N-dealkylation sites (tertiary alicyclic amines) is 1. The number of amides is 2. The highest BCUT2D eigenvalue weighted by Gasteiger charge is 2.27. The third kappa shape index (κ3) is 4.17. The van der Waals surface area contributed by atoms with Gasteiger partial charge in [0.2, 0.25) is 5.91 Å². The molecule has 1 aliphatic rings. The Morgan fingerprint density at radius 1 is 1.21 bits per heavy atom. The van der Waals surface area contributed by atoms with Crippen molar-refractivity contribution in [2.75, 3.05) is 19.6 Å². The average molecular weight is 344 g/mol. The second-order valence-corrected chi connectivity index (χ2v) is 6.73. The minimum absolute atomic E-state index is 0.0194. The second-order valence-electron chi connectivity index (χ2n) is 5.75. The van der Waals surface area contributed by atoms with Crippen LogP contribution in [-0.4, -0.2) is 46.3 Å². The molecule has 1 aliphatic heterocycles. The Bertz CT molecular complexity index is 667. The molecule has 0 radical (unpaired) electrons. The van der Waals surface area contributed by atoms with E-state index in [-0.39, 0.29) is 17.7 Å². The van der Waals surface area contributed by atoms with Crippen LogP contribution in [0.5, 0.6) is 0 Å². The molecule has 7 heteroatoms. The molecule has 0 atom stereocenters. The van der Waals surface area contributed by atoms with Gasteiger partial charge in [0.05, 0.1) is 5.01 Å². The molecular weight excluding hydrogens is 324 g/mol. The van der Waals surface area contributed by atoms with Crippen molar-refractivity contribution in [1.29, 1.82) is 0 Å². The average Bonchev–Trinajstić information content (AvgIpc) is 3.15. The summed E-state index contributed by atoms with van der Waals surface area (Å²) in [7, 11) is 0. The molecule has 0 unspecified atom stereocenters. The van der Waals surface area contributed by atoms with E-state index < -0.39 is 0 Å². The van der Waals surface area contributed by atoms with Gasteiger partial charge in [-0.1, -0.05) is 6.07 Å². The fourth-order valence-electron chi connectivity index (χ4n) is 2.81. The molecule has 3 heterocycles. The van der Waals surface area contributed by atoms with E-state index in [1.807, 2.05) is 11.4 Å². The van der Waals surface area contributed by atoms with Gasteiger partial charge in [0, 0.05) is 49.7 Å². The van der Waals surface area contributed by atoms with Crippen LogP contribution >= 0.6 is 11.3 Å². The summed E-state index contributed by atoms with van der Waals surface area (Å²) in [5, 5.41) is 5.95. The van der Waals surface area contributed by atoms with E-state index in [1.165, 1.54) is 0 Å². The van der Waals surface area contributed by atoms with Crippen LogP contribution in [0.4, 0.5) is 0 Å². The first kappa shape index (κ1) is 16.6. The first-order chi connectivity index (χ1) is 11.7. The zero-order valence-electron chi connectivity index (χ0n) is 13.4. The smallest absolute Gasteiger partial charge is 0.272 e. The summed E-state index contributed by atoms with van der Waals surface area (Å²) in [5.74, 6) is 0.00352. The maximum absolute atomic E-state index is 12.3. The topological polar surface area (TPSA) is 75.2 Å². The Labute approximate surface area is 144 Å². The fraction of sp³-hybridized carbons (Fsp3) is 0.412. The van der Waals surface area contributed by atoms with Crippen molar-refractivity contribution in [2.24, 2.45) is 5.92 Å². The first-order valence-electron chi connectivity index (χ1n) is 8.10. The Balaban J connectivity index is 1.43. The SMILES string of the molecule is O=C(NCCc1nccs1)C1CCN(C(=O)c2ccccn2)CC1. The van der Waals surface area contributed by atoms with E-state index in [1.54, 1.807) is 40.8 Å². The predicted molar refractivity (Wildman–Crippen MR) is 91.7 cm³/mol. The molecule has 2 aromatic heterocycles. The molecule has 1 saturated heterocycles. The van der Waals surface area contributed by atoms with Gasteiger partial charge >= 0.3 is 0 Å². The van der Waals surface area contributed by atoms with Gasteiger partial charge in [0.25, 0.3) is 5.91 Å². The van der Waals surface area contributed by atoms with Crippen LogP contribution in [0, 0.1) is 5.92 Å². The Kier molecular flexibility index (Phi) is 5.53. The maximum Gasteiger partial charge on any atom is 0.272 e. The van der Waals surface area contributed by atoms with Crippen LogP contribution in [0.1, 0.15) is 28.3 Å². The van der Waals surface area contributed by atoms with E-state index in [0.717, 1.165) is 11.4 Å². The molecule has 126 valence electrons. The minimum atomic E-state index is -0.0572. The van der Waals surface area contributed by atoms with Crippen molar-refractivity contribution in [2.45, 2.75) is 19.3 Å². The summed E-state index contributed by atoms with van der Waals surface area (Å²) < 4.78 is 0. The predicted octanol–water partition coefficient (Wildman–Crippen LogP) is 1.75. The van der Waals surface area contributed by atoms with E-state index in [2.05, 4.69) is 15.3 Å². The van der Waals surface area contributed by atoms with Crippen molar-refractivity contribution in [3.8, 4) is 0 Å². The van der Waals surface area contributed by atoms with Crippen molar-refractivity contribution in [1.82, 2.24) is 20.2 Å². The molecule has 0 bridgehead atoms. The molecule has 3 rings (SSSR count). The normalized spacial score (nSPS) is 15.2.